The van der Waals surface area contributed by atoms with Gasteiger partial charge in [0.15, 0.2) is 5.78 Å². The molecule has 0 unspecified atom stereocenters. The highest BCUT2D eigenvalue weighted by Crippen LogP contribution is 2.02. The molecule has 0 aromatic rings. The molecule has 0 saturated heterocycles. The first-order chi connectivity index (χ1) is 11.4. The van der Waals surface area contributed by atoms with Gasteiger partial charge in [-0.2, -0.15) is 0 Å². The molecule has 0 saturated carbocycles. The van der Waals surface area contributed by atoms with E-state index >= 15 is 0 Å². The maximum atomic E-state index is 11.2. The van der Waals surface area contributed by atoms with Crippen molar-refractivity contribution in [2.24, 2.45) is 4.99 Å². The predicted octanol–water partition coefficient (Wildman–Crippen LogP) is 6.36. The molecule has 0 N–H and O–H groups in total. The van der Waals surface area contributed by atoms with Crippen LogP contribution in [0.1, 0.15) is 61.3 Å². The Morgan fingerprint density at radius 3 is 1.83 bits per heavy atom. The fraction of sp³-hybridized carbons (Fsp3) is 0.455. The van der Waals surface area contributed by atoms with E-state index in [2.05, 4.69) is 50.4 Å². The van der Waals surface area contributed by atoms with Gasteiger partial charge in [0.2, 0.25) is 0 Å². The minimum absolute atomic E-state index is 0.163. The van der Waals surface area contributed by atoms with Gasteiger partial charge >= 0.3 is 0 Å². The molecule has 0 amide bonds. The lowest BCUT2D eigenvalue weighted by molar-refractivity contribution is -0.114. The molecule has 0 fully saturated rings. The predicted molar refractivity (Wildman–Crippen MR) is 113 cm³/mol. The van der Waals surface area contributed by atoms with Crippen molar-refractivity contribution < 1.29 is 4.79 Å². The molecule has 136 valence electrons. The quantitative estimate of drug-likeness (QED) is 0.249. The number of terminal acetylenes is 1. The third-order valence-corrected chi connectivity index (χ3v) is 2.60. The number of hydrogen-bond donors (Lipinski definition) is 0. The van der Waals surface area contributed by atoms with Crippen molar-refractivity contribution >= 4 is 11.5 Å². The normalized spacial score (nSPS) is 10.4. The van der Waals surface area contributed by atoms with Gasteiger partial charge in [0.25, 0.3) is 0 Å². The molecular weight excluding hydrogens is 294 g/mol. The Morgan fingerprint density at radius 2 is 1.67 bits per heavy atom. The van der Waals surface area contributed by atoms with E-state index in [0.29, 0.717) is 6.42 Å². The minimum atomic E-state index is 0.163. The number of allylic oxidation sites excluding steroid dienone is 6. The zero-order chi connectivity index (χ0) is 20.0. The molecule has 0 rings (SSSR count). The van der Waals surface area contributed by atoms with E-state index in [-0.39, 0.29) is 5.78 Å². The van der Waals surface area contributed by atoms with Gasteiger partial charge in [0.1, 0.15) is 0 Å². The fourth-order valence-electron chi connectivity index (χ4n) is 1.29. The molecule has 0 spiro atoms. The molecule has 0 aromatic carbocycles. The number of nitrogens with zero attached hydrogens (tertiary/aromatic N) is 1. The lowest BCUT2D eigenvalue weighted by Crippen LogP contribution is -2.08. The first-order valence-electron chi connectivity index (χ1n) is 8.39. The van der Waals surface area contributed by atoms with Gasteiger partial charge in [-0.25, -0.2) is 0 Å². The molecular formula is C22H37NO. The van der Waals surface area contributed by atoms with Crippen molar-refractivity contribution in [3.63, 3.8) is 0 Å². The first-order valence-corrected chi connectivity index (χ1v) is 8.39. The Balaban J connectivity index is -0.000000132. The summed E-state index contributed by atoms with van der Waals surface area (Å²) < 4.78 is 0. The maximum Gasteiger partial charge on any atom is 0.164 e. The molecule has 2 nitrogen and oxygen atoms in total. The molecule has 0 bridgehead atoms. The van der Waals surface area contributed by atoms with Crippen LogP contribution in [0.3, 0.4) is 0 Å². The number of carbonyl (C=O) groups excluding carboxylic acids is 1. The van der Waals surface area contributed by atoms with E-state index in [0.717, 1.165) is 17.7 Å². The zero-order valence-electron chi connectivity index (χ0n) is 17.1. The molecule has 0 aliphatic rings. The number of hydrogen-bond acceptors (Lipinski definition) is 2. The molecule has 0 aliphatic carbocycles. The molecule has 24 heavy (non-hydrogen) atoms. The summed E-state index contributed by atoms with van der Waals surface area (Å²) in [5.41, 5.74) is 2.83. The largest absolute Gasteiger partial charge is 0.294 e. The maximum absolute atomic E-state index is 11.2. The third-order valence-electron chi connectivity index (χ3n) is 2.60. The van der Waals surface area contributed by atoms with Crippen LogP contribution in [0.15, 0.2) is 53.6 Å². The van der Waals surface area contributed by atoms with Crippen LogP contribution in [0.4, 0.5) is 0 Å². The van der Waals surface area contributed by atoms with Gasteiger partial charge in [0, 0.05) is 24.8 Å². The monoisotopic (exact) mass is 331 g/mol. The number of carbonyl (C=O) groups is 1. The number of aliphatic imine (C=N–C) groups is 1. The Bertz CT molecular complexity index is 457. The molecule has 2 heteroatoms. The first kappa shape index (κ1) is 29.8. The van der Waals surface area contributed by atoms with Crippen LogP contribution in [0.5, 0.6) is 0 Å². The van der Waals surface area contributed by atoms with Crippen molar-refractivity contribution in [1.82, 2.24) is 0 Å². The van der Waals surface area contributed by atoms with Crippen molar-refractivity contribution in [2.45, 2.75) is 61.3 Å². The van der Waals surface area contributed by atoms with Crippen LogP contribution in [-0.4, -0.2) is 18.5 Å². The minimum Gasteiger partial charge on any atom is -0.294 e. The van der Waals surface area contributed by atoms with Crippen LogP contribution in [-0.2, 0) is 4.79 Å². The molecule has 0 aromatic heterocycles. The van der Waals surface area contributed by atoms with E-state index in [1.165, 1.54) is 11.6 Å². The fourth-order valence-corrected chi connectivity index (χ4v) is 1.29. The highest BCUT2D eigenvalue weighted by molar-refractivity contribution is 6.21. The van der Waals surface area contributed by atoms with Crippen LogP contribution in [0, 0.1) is 12.3 Å². The van der Waals surface area contributed by atoms with Crippen LogP contribution < -0.4 is 0 Å². The Morgan fingerprint density at radius 1 is 1.21 bits per heavy atom. The van der Waals surface area contributed by atoms with E-state index in [1.807, 2.05) is 46.8 Å². The van der Waals surface area contributed by atoms with E-state index in [9.17, 15) is 4.79 Å². The lowest BCUT2D eigenvalue weighted by atomic mass is 10.1. The lowest BCUT2D eigenvalue weighted by Gasteiger charge is -2.01. The summed E-state index contributed by atoms with van der Waals surface area (Å²) in [5.74, 6) is 2.36. The summed E-state index contributed by atoms with van der Waals surface area (Å²) in [6.07, 6.45) is 13.5. The molecule has 0 radical (unpaired) electrons. The van der Waals surface area contributed by atoms with Crippen molar-refractivity contribution in [3.05, 3.63) is 48.6 Å². The SMILES string of the molecule is C#CC=C.C/C=C(\C(=O)CC)C(C)=NC.C=C/C(C)=C\CC.CC. The van der Waals surface area contributed by atoms with Crippen molar-refractivity contribution in [2.75, 3.05) is 7.05 Å². The summed E-state index contributed by atoms with van der Waals surface area (Å²) in [5, 5.41) is 0. The van der Waals surface area contributed by atoms with E-state index in [4.69, 9.17) is 0 Å². The average Bonchev–Trinajstić information content (AvgIpc) is 2.64. The van der Waals surface area contributed by atoms with Crippen molar-refractivity contribution in [3.8, 4) is 12.3 Å². The van der Waals surface area contributed by atoms with Crippen LogP contribution in [0.25, 0.3) is 0 Å². The third kappa shape index (κ3) is 22.1. The van der Waals surface area contributed by atoms with Crippen molar-refractivity contribution in [1.29, 1.82) is 0 Å². The molecule has 0 heterocycles. The van der Waals surface area contributed by atoms with Crippen LogP contribution >= 0.6 is 0 Å². The number of Topliss-reactive ketones (excluding diaryl/α,β-unsaturated/α-hetero) is 1. The van der Waals surface area contributed by atoms with Gasteiger partial charge in [-0.1, -0.05) is 70.6 Å². The summed E-state index contributed by atoms with van der Waals surface area (Å²) in [6, 6.07) is 0. The Labute approximate surface area is 151 Å². The van der Waals surface area contributed by atoms with Gasteiger partial charge in [-0.15, -0.1) is 6.42 Å². The summed E-state index contributed by atoms with van der Waals surface area (Å²) in [4.78, 5) is 15.2. The number of ketones is 1. The standard InChI is InChI=1S/C9H15NO.C7H12.C4H4.C2H6/c1-5-8(7(3)10-4)9(11)6-2;1-4-6-7(3)5-2;1-3-4-2;1-2/h5H,6H2,1-4H3;5-6H,2,4H2,1,3H3;1,4H,2H2;1-2H3/b8-5-,10-7?;7-6-;;. The highest BCUT2D eigenvalue weighted by Gasteiger charge is 2.07. The molecule has 0 aliphatic heterocycles. The smallest absolute Gasteiger partial charge is 0.164 e. The highest BCUT2D eigenvalue weighted by atomic mass is 16.1. The average molecular weight is 332 g/mol. The Hall–Kier alpha value is -2.14. The van der Waals surface area contributed by atoms with Gasteiger partial charge in [-0.3, -0.25) is 9.79 Å². The number of rotatable bonds is 5. The summed E-state index contributed by atoms with van der Waals surface area (Å²) in [7, 11) is 1.70. The Kier molecular flexibility index (Phi) is 32.0. The second kappa shape index (κ2) is 25.8. The van der Waals surface area contributed by atoms with Crippen LogP contribution in [0.2, 0.25) is 0 Å². The second-order valence-electron chi connectivity index (χ2n) is 4.22. The second-order valence-corrected chi connectivity index (χ2v) is 4.22. The van der Waals surface area contributed by atoms with Gasteiger partial charge in [-0.05, 0) is 33.3 Å². The molecule has 0 atom stereocenters. The van der Waals surface area contributed by atoms with E-state index in [1.54, 1.807) is 7.05 Å². The summed E-state index contributed by atoms with van der Waals surface area (Å²) in [6.45, 7) is 20.6. The zero-order valence-corrected chi connectivity index (χ0v) is 17.1. The van der Waals surface area contributed by atoms with Gasteiger partial charge in [0.05, 0.1) is 0 Å². The summed E-state index contributed by atoms with van der Waals surface area (Å²) >= 11 is 0. The topological polar surface area (TPSA) is 29.4 Å². The van der Waals surface area contributed by atoms with Gasteiger partial charge < -0.3 is 0 Å². The van der Waals surface area contributed by atoms with E-state index < -0.39 is 0 Å².